The van der Waals surface area contributed by atoms with Crippen LogP contribution in [-0.2, 0) is 0 Å². The molecule has 1 aliphatic carbocycles. The molecule has 1 aromatic rings. The van der Waals surface area contributed by atoms with Crippen LogP contribution >= 0.6 is 23.4 Å². The van der Waals surface area contributed by atoms with Gasteiger partial charge in [0.15, 0.2) is 0 Å². The molecular weight excluding hydrogens is 276 g/mol. The Balaban J connectivity index is 1.84. The Morgan fingerprint density at radius 3 is 2.89 bits per heavy atom. The fourth-order valence-electron chi connectivity index (χ4n) is 2.93. The number of rotatable bonds is 5. The molecule has 1 nitrogen and oxygen atoms in total. The van der Waals surface area contributed by atoms with Crippen molar-refractivity contribution in [3.05, 3.63) is 29.3 Å². The number of aliphatic hydroxyl groups excluding tert-OH is 1. The zero-order chi connectivity index (χ0) is 13.7. The molecule has 0 bridgehead atoms. The summed E-state index contributed by atoms with van der Waals surface area (Å²) in [6.45, 7) is 2.26. The maximum Gasteiger partial charge on any atom is 0.0662 e. The summed E-state index contributed by atoms with van der Waals surface area (Å²) in [6, 6.07) is 7.86. The second kappa shape index (κ2) is 7.56. The van der Waals surface area contributed by atoms with E-state index in [0.717, 1.165) is 21.6 Å². The van der Waals surface area contributed by atoms with Crippen LogP contribution in [0.5, 0.6) is 0 Å². The molecule has 1 fully saturated rings. The third kappa shape index (κ3) is 4.40. The Hall–Kier alpha value is -0.180. The van der Waals surface area contributed by atoms with Crippen molar-refractivity contribution in [2.24, 2.45) is 11.8 Å². The summed E-state index contributed by atoms with van der Waals surface area (Å²) in [7, 11) is 0. The van der Waals surface area contributed by atoms with Gasteiger partial charge in [0.2, 0.25) is 0 Å². The van der Waals surface area contributed by atoms with Crippen molar-refractivity contribution in [2.45, 2.75) is 50.0 Å². The van der Waals surface area contributed by atoms with Crippen molar-refractivity contribution >= 4 is 23.4 Å². The highest BCUT2D eigenvalue weighted by molar-refractivity contribution is 7.99. The molecule has 2 rings (SSSR count). The minimum atomic E-state index is -0.198. The van der Waals surface area contributed by atoms with Crippen LogP contribution in [0.1, 0.15) is 39.0 Å². The van der Waals surface area contributed by atoms with Crippen LogP contribution in [0.3, 0.4) is 0 Å². The maximum atomic E-state index is 10.4. The summed E-state index contributed by atoms with van der Waals surface area (Å²) in [6.07, 6.45) is 6.05. The van der Waals surface area contributed by atoms with Gasteiger partial charge < -0.3 is 5.11 Å². The van der Waals surface area contributed by atoms with E-state index in [4.69, 9.17) is 11.6 Å². The molecule has 0 spiro atoms. The van der Waals surface area contributed by atoms with Gasteiger partial charge in [-0.2, -0.15) is 0 Å². The van der Waals surface area contributed by atoms with E-state index in [0.29, 0.717) is 5.92 Å². The molecule has 3 unspecified atom stereocenters. The van der Waals surface area contributed by atoms with E-state index in [-0.39, 0.29) is 6.10 Å². The first-order valence-electron chi connectivity index (χ1n) is 7.26. The molecule has 0 heterocycles. The number of thioether (sulfide) groups is 1. The van der Waals surface area contributed by atoms with E-state index in [2.05, 4.69) is 6.92 Å². The summed E-state index contributed by atoms with van der Waals surface area (Å²) in [5.41, 5.74) is 0. The summed E-state index contributed by atoms with van der Waals surface area (Å²) in [5.74, 6) is 2.05. The zero-order valence-electron chi connectivity index (χ0n) is 11.5. The van der Waals surface area contributed by atoms with Crippen LogP contribution in [-0.4, -0.2) is 17.0 Å². The zero-order valence-corrected chi connectivity index (χ0v) is 13.1. The van der Waals surface area contributed by atoms with E-state index < -0.39 is 0 Å². The highest BCUT2D eigenvalue weighted by Crippen LogP contribution is 2.35. The largest absolute Gasteiger partial charge is 0.392 e. The van der Waals surface area contributed by atoms with Crippen LogP contribution in [0, 0.1) is 11.8 Å². The Kier molecular flexibility index (Phi) is 6.06. The Morgan fingerprint density at radius 2 is 2.16 bits per heavy atom. The first kappa shape index (κ1) is 15.2. The lowest BCUT2D eigenvalue weighted by Crippen LogP contribution is -2.28. The highest BCUT2D eigenvalue weighted by Gasteiger charge is 2.26. The monoisotopic (exact) mass is 298 g/mol. The smallest absolute Gasteiger partial charge is 0.0662 e. The van der Waals surface area contributed by atoms with E-state index in [1.165, 1.54) is 32.1 Å². The van der Waals surface area contributed by atoms with Gasteiger partial charge in [0.05, 0.1) is 11.1 Å². The van der Waals surface area contributed by atoms with Gasteiger partial charge in [-0.1, -0.05) is 49.9 Å². The van der Waals surface area contributed by atoms with Gasteiger partial charge in [0, 0.05) is 10.6 Å². The van der Waals surface area contributed by atoms with Crippen molar-refractivity contribution in [2.75, 3.05) is 5.75 Å². The van der Waals surface area contributed by atoms with Crippen LogP contribution in [0.2, 0.25) is 5.02 Å². The normalized spacial score (nSPS) is 25.2. The molecule has 3 heteroatoms. The predicted octanol–water partition coefficient (Wildman–Crippen LogP) is 5.01. The number of hydrogen-bond acceptors (Lipinski definition) is 2. The van der Waals surface area contributed by atoms with Crippen molar-refractivity contribution < 1.29 is 5.11 Å². The molecule has 1 saturated carbocycles. The molecule has 0 radical (unpaired) electrons. The molecule has 19 heavy (non-hydrogen) atoms. The number of benzene rings is 1. The second-order valence-electron chi connectivity index (χ2n) is 5.51. The lowest BCUT2D eigenvalue weighted by atomic mass is 9.78. The van der Waals surface area contributed by atoms with E-state index >= 15 is 0 Å². The quantitative estimate of drug-likeness (QED) is 0.771. The number of hydrogen-bond donors (Lipinski definition) is 1. The van der Waals surface area contributed by atoms with Gasteiger partial charge in [0.25, 0.3) is 0 Å². The summed E-state index contributed by atoms with van der Waals surface area (Å²) in [5, 5.41) is 11.2. The maximum absolute atomic E-state index is 10.4. The summed E-state index contributed by atoms with van der Waals surface area (Å²) >= 11 is 7.81. The van der Waals surface area contributed by atoms with Gasteiger partial charge >= 0.3 is 0 Å². The molecule has 0 aromatic heterocycles. The molecule has 0 amide bonds. The SMILES string of the molecule is CCC1CCCC(C(O)CSc2ccccc2Cl)C1. The van der Waals surface area contributed by atoms with Crippen molar-refractivity contribution in [1.82, 2.24) is 0 Å². The molecule has 0 aliphatic heterocycles. The predicted molar refractivity (Wildman–Crippen MR) is 83.9 cm³/mol. The van der Waals surface area contributed by atoms with Gasteiger partial charge in [0.1, 0.15) is 0 Å². The third-order valence-corrected chi connectivity index (χ3v) is 5.81. The Labute approximate surface area is 125 Å². The Bertz CT molecular complexity index is 396. The minimum absolute atomic E-state index is 0.198. The first-order valence-corrected chi connectivity index (χ1v) is 8.62. The summed E-state index contributed by atoms with van der Waals surface area (Å²) in [4.78, 5) is 1.08. The molecule has 1 N–H and O–H groups in total. The van der Waals surface area contributed by atoms with Gasteiger partial charge in [-0.15, -0.1) is 11.8 Å². The van der Waals surface area contributed by atoms with Crippen LogP contribution in [0.25, 0.3) is 0 Å². The van der Waals surface area contributed by atoms with E-state index in [9.17, 15) is 5.11 Å². The summed E-state index contributed by atoms with van der Waals surface area (Å²) < 4.78 is 0. The Morgan fingerprint density at radius 1 is 1.37 bits per heavy atom. The lowest BCUT2D eigenvalue weighted by molar-refractivity contribution is 0.0862. The first-order chi connectivity index (χ1) is 9.20. The standard InChI is InChI=1S/C16H23ClOS/c1-2-12-6-5-7-13(10-12)15(18)11-19-16-9-4-3-8-14(16)17/h3-4,8-9,12-13,15,18H,2,5-7,10-11H2,1H3. The lowest BCUT2D eigenvalue weighted by Gasteiger charge is -2.31. The second-order valence-corrected chi connectivity index (χ2v) is 6.98. The van der Waals surface area contributed by atoms with E-state index in [1.54, 1.807) is 11.8 Å². The molecule has 1 aromatic carbocycles. The number of halogens is 1. The minimum Gasteiger partial charge on any atom is -0.392 e. The molecule has 106 valence electrons. The van der Waals surface area contributed by atoms with Crippen molar-refractivity contribution in [3.8, 4) is 0 Å². The van der Waals surface area contributed by atoms with E-state index in [1.807, 2.05) is 24.3 Å². The molecular formula is C16H23ClOS. The number of aliphatic hydroxyl groups is 1. The highest BCUT2D eigenvalue weighted by atomic mass is 35.5. The average molecular weight is 299 g/mol. The topological polar surface area (TPSA) is 20.2 Å². The third-order valence-electron chi connectivity index (χ3n) is 4.19. The van der Waals surface area contributed by atoms with Crippen LogP contribution in [0.4, 0.5) is 0 Å². The van der Waals surface area contributed by atoms with Gasteiger partial charge in [-0.25, -0.2) is 0 Å². The van der Waals surface area contributed by atoms with Gasteiger partial charge in [-0.3, -0.25) is 0 Å². The molecule has 0 saturated heterocycles. The van der Waals surface area contributed by atoms with Crippen molar-refractivity contribution in [1.29, 1.82) is 0 Å². The fourth-order valence-corrected chi connectivity index (χ4v) is 4.23. The fraction of sp³-hybridized carbons (Fsp3) is 0.625. The van der Waals surface area contributed by atoms with Crippen LogP contribution < -0.4 is 0 Å². The average Bonchev–Trinajstić information content (AvgIpc) is 2.46. The molecule has 1 aliphatic rings. The van der Waals surface area contributed by atoms with Crippen LogP contribution in [0.15, 0.2) is 29.2 Å². The van der Waals surface area contributed by atoms with Gasteiger partial charge in [-0.05, 0) is 36.8 Å². The van der Waals surface area contributed by atoms with Crippen molar-refractivity contribution in [3.63, 3.8) is 0 Å². The molecule has 3 atom stereocenters.